The van der Waals surface area contributed by atoms with Gasteiger partial charge in [-0.05, 0) is 54.4 Å². The number of hydrogen-bond donors (Lipinski definition) is 2. The maximum absolute atomic E-state index is 13.4. The first-order valence-corrected chi connectivity index (χ1v) is 11.8. The van der Waals surface area contributed by atoms with Crippen LogP contribution in [0, 0.1) is 0 Å². The number of carbonyl (C=O) groups excluding carboxylic acids is 1. The van der Waals surface area contributed by atoms with Crippen molar-refractivity contribution in [3.63, 3.8) is 0 Å². The number of benzene rings is 1. The number of allylic oxidation sites excluding steroid dienone is 1. The first-order valence-electron chi connectivity index (χ1n) is 11.0. The van der Waals surface area contributed by atoms with Crippen molar-refractivity contribution < 1.29 is 4.79 Å². The van der Waals surface area contributed by atoms with Gasteiger partial charge in [-0.25, -0.2) is 9.97 Å². The van der Waals surface area contributed by atoms with E-state index in [-0.39, 0.29) is 18.0 Å². The predicted octanol–water partition coefficient (Wildman–Crippen LogP) is 4.83. The van der Waals surface area contributed by atoms with E-state index in [9.17, 15) is 4.79 Å². The van der Waals surface area contributed by atoms with Gasteiger partial charge in [0.25, 0.3) is 5.91 Å². The van der Waals surface area contributed by atoms with Crippen molar-refractivity contribution >= 4 is 38.7 Å². The van der Waals surface area contributed by atoms with Gasteiger partial charge in [0.05, 0.1) is 23.0 Å². The summed E-state index contributed by atoms with van der Waals surface area (Å²) in [4.78, 5) is 24.5. The van der Waals surface area contributed by atoms with Gasteiger partial charge >= 0.3 is 0 Å². The molecule has 3 heterocycles. The van der Waals surface area contributed by atoms with Crippen molar-refractivity contribution in [3.05, 3.63) is 64.7 Å². The second kappa shape index (κ2) is 9.32. The van der Waals surface area contributed by atoms with Crippen LogP contribution >= 0.6 is 15.9 Å². The molecule has 3 N–H and O–H groups in total. The summed E-state index contributed by atoms with van der Waals surface area (Å²) in [6.45, 7) is 7.05. The van der Waals surface area contributed by atoms with Gasteiger partial charge in [-0.3, -0.25) is 4.79 Å². The van der Waals surface area contributed by atoms with Gasteiger partial charge in [0, 0.05) is 12.6 Å². The fraction of sp³-hybridized carbons (Fsp3) is 0.375. The molecule has 1 aliphatic heterocycles. The summed E-state index contributed by atoms with van der Waals surface area (Å²) >= 11 is 3.73. The molecule has 32 heavy (non-hydrogen) atoms. The van der Waals surface area contributed by atoms with Crippen LogP contribution in [0.4, 0.5) is 5.82 Å². The Morgan fingerprint density at radius 1 is 1.34 bits per heavy atom. The molecule has 0 radical (unpaired) electrons. The zero-order valence-electron chi connectivity index (χ0n) is 18.6. The van der Waals surface area contributed by atoms with E-state index in [2.05, 4.69) is 59.9 Å². The van der Waals surface area contributed by atoms with Crippen LogP contribution in [0.1, 0.15) is 61.6 Å². The third-order valence-corrected chi connectivity index (χ3v) is 7.02. The molecule has 168 valence electrons. The van der Waals surface area contributed by atoms with E-state index in [1.807, 2.05) is 44.2 Å². The molecule has 0 aliphatic carbocycles. The second-order valence-electron chi connectivity index (χ2n) is 8.23. The Morgan fingerprint density at radius 2 is 2.09 bits per heavy atom. The van der Waals surface area contributed by atoms with E-state index in [1.165, 1.54) is 6.33 Å². The van der Waals surface area contributed by atoms with Crippen molar-refractivity contribution in [2.75, 3.05) is 12.3 Å². The molecule has 2 aromatic heterocycles. The van der Waals surface area contributed by atoms with Crippen LogP contribution < -0.4 is 11.1 Å². The Morgan fingerprint density at radius 3 is 2.78 bits per heavy atom. The summed E-state index contributed by atoms with van der Waals surface area (Å²) in [5.41, 5.74) is 8.46. The average molecular weight is 497 g/mol. The number of amides is 1. The highest BCUT2D eigenvalue weighted by Gasteiger charge is 2.35. The largest absolute Gasteiger partial charge is 0.383 e. The van der Waals surface area contributed by atoms with Crippen LogP contribution in [-0.2, 0) is 0 Å². The van der Waals surface area contributed by atoms with Crippen molar-refractivity contribution in [2.45, 2.75) is 51.7 Å². The van der Waals surface area contributed by atoms with Gasteiger partial charge < -0.3 is 20.5 Å². The maximum atomic E-state index is 13.4. The highest BCUT2D eigenvalue weighted by molar-refractivity contribution is 9.10. The Hall–Kier alpha value is -2.87. The molecule has 7 nitrogen and oxygen atoms in total. The number of nitrogens with one attached hydrogen (secondary N) is 1. The molecule has 0 spiro atoms. The summed E-state index contributed by atoms with van der Waals surface area (Å²) in [7, 11) is 0. The summed E-state index contributed by atoms with van der Waals surface area (Å²) < 4.78 is 2.81. The third kappa shape index (κ3) is 3.99. The number of nitrogen functional groups attached to an aromatic ring is 1. The highest BCUT2D eigenvalue weighted by Crippen LogP contribution is 2.39. The van der Waals surface area contributed by atoms with Crippen molar-refractivity contribution in [1.29, 1.82) is 0 Å². The number of anilines is 1. The molecule has 0 unspecified atom stereocenters. The van der Waals surface area contributed by atoms with Gasteiger partial charge in [0.1, 0.15) is 22.4 Å². The quantitative estimate of drug-likeness (QED) is 0.510. The van der Waals surface area contributed by atoms with Crippen LogP contribution in [0.5, 0.6) is 0 Å². The summed E-state index contributed by atoms with van der Waals surface area (Å²) in [5, 5.41) is 3.70. The molecule has 8 heteroatoms. The number of hydrogen-bond acceptors (Lipinski definition) is 5. The van der Waals surface area contributed by atoms with E-state index < -0.39 is 0 Å². The first kappa shape index (κ1) is 22.3. The Bertz CT molecular complexity index is 1140. The Labute approximate surface area is 196 Å². The molecular weight excluding hydrogens is 468 g/mol. The third-order valence-electron chi connectivity index (χ3n) is 6.24. The Balaban J connectivity index is 1.75. The van der Waals surface area contributed by atoms with Crippen molar-refractivity contribution in [2.24, 2.45) is 0 Å². The molecule has 0 saturated carbocycles. The number of aromatic nitrogens is 3. The predicted molar refractivity (Wildman–Crippen MR) is 131 cm³/mol. The summed E-state index contributed by atoms with van der Waals surface area (Å²) in [5.74, 6) is 0.108. The molecule has 1 aliphatic rings. The van der Waals surface area contributed by atoms with E-state index >= 15 is 0 Å². The lowest BCUT2D eigenvalue weighted by Gasteiger charge is -2.20. The maximum Gasteiger partial charge on any atom is 0.255 e. The van der Waals surface area contributed by atoms with Gasteiger partial charge in [-0.15, -0.1) is 0 Å². The van der Waals surface area contributed by atoms with Crippen molar-refractivity contribution in [1.82, 2.24) is 24.8 Å². The highest BCUT2D eigenvalue weighted by atomic mass is 79.9. The second-order valence-corrected chi connectivity index (χ2v) is 8.98. The lowest BCUT2D eigenvalue weighted by molar-refractivity contribution is 0.0940. The molecule has 1 fully saturated rings. The fourth-order valence-electron chi connectivity index (χ4n) is 4.64. The molecule has 4 rings (SSSR count). The lowest BCUT2D eigenvalue weighted by Crippen LogP contribution is -2.27. The SMILES string of the molecule is CC=CN1C[C@H](n2c(Br)c(C(=O)N[C@H](C)c3ccccc3)c3c(N)ncnc32)C[C@@H]1CC. The normalized spacial score (nSPS) is 19.7. The van der Waals surface area contributed by atoms with Gasteiger partial charge in [0.2, 0.25) is 0 Å². The number of rotatable bonds is 6. The molecule has 1 saturated heterocycles. The zero-order valence-corrected chi connectivity index (χ0v) is 20.2. The van der Waals surface area contributed by atoms with Gasteiger partial charge in [-0.1, -0.05) is 43.3 Å². The number of likely N-dealkylation sites (tertiary alicyclic amines) is 1. The number of fused-ring (bicyclic) bond motifs is 1. The van der Waals surface area contributed by atoms with E-state index in [0.29, 0.717) is 33.1 Å². The van der Waals surface area contributed by atoms with E-state index in [1.54, 1.807) is 0 Å². The van der Waals surface area contributed by atoms with Crippen LogP contribution in [0.25, 0.3) is 11.0 Å². The summed E-state index contributed by atoms with van der Waals surface area (Å²) in [6, 6.07) is 10.3. The van der Waals surface area contributed by atoms with Crippen LogP contribution in [0.15, 0.2) is 53.5 Å². The van der Waals surface area contributed by atoms with E-state index in [4.69, 9.17) is 5.73 Å². The number of nitrogens with zero attached hydrogens (tertiary/aromatic N) is 4. The minimum absolute atomic E-state index is 0.152. The molecular formula is C24H29BrN6O. The topological polar surface area (TPSA) is 89.1 Å². The Kier molecular flexibility index (Phi) is 6.50. The molecule has 0 bridgehead atoms. The summed E-state index contributed by atoms with van der Waals surface area (Å²) in [6.07, 6.45) is 7.69. The standard InChI is InChI=1S/C24H29BrN6O/c1-4-11-30-13-18(12-17(30)5-2)31-21(25)19(20-22(26)27-14-28-23(20)31)24(32)29-15(3)16-9-7-6-8-10-16/h4,6-11,14-15,17-18H,5,12-13H2,1-3H3,(H,29,32)(H2,26,27,28)/t15-,17+,18-/m1/s1. The van der Waals surface area contributed by atoms with E-state index in [0.717, 1.165) is 24.9 Å². The van der Waals surface area contributed by atoms with Crippen molar-refractivity contribution in [3.8, 4) is 0 Å². The number of carbonyl (C=O) groups is 1. The van der Waals surface area contributed by atoms with Crippen LogP contribution in [-0.4, -0.2) is 37.9 Å². The zero-order chi connectivity index (χ0) is 22.8. The van der Waals surface area contributed by atoms with Gasteiger partial charge in [-0.2, -0.15) is 0 Å². The van der Waals surface area contributed by atoms with Gasteiger partial charge in [0.15, 0.2) is 0 Å². The molecule has 1 amide bonds. The fourth-order valence-corrected chi connectivity index (χ4v) is 5.48. The molecule has 3 atom stereocenters. The van der Waals surface area contributed by atoms with Crippen LogP contribution in [0.3, 0.4) is 0 Å². The molecule has 1 aromatic carbocycles. The number of halogens is 1. The molecule has 3 aromatic rings. The monoisotopic (exact) mass is 496 g/mol. The van der Waals surface area contributed by atoms with Crippen LogP contribution in [0.2, 0.25) is 0 Å². The minimum Gasteiger partial charge on any atom is -0.383 e. The lowest BCUT2D eigenvalue weighted by atomic mass is 10.1. The minimum atomic E-state index is -0.200. The number of nitrogens with two attached hydrogens (primary N) is 1. The smallest absolute Gasteiger partial charge is 0.255 e. The first-order chi connectivity index (χ1) is 15.5. The average Bonchev–Trinajstić information content (AvgIpc) is 3.32.